The van der Waals surface area contributed by atoms with E-state index in [1.165, 1.54) is 16.4 Å². The van der Waals surface area contributed by atoms with Crippen molar-refractivity contribution in [1.82, 2.24) is 4.31 Å². The van der Waals surface area contributed by atoms with E-state index in [0.717, 1.165) is 12.5 Å². The molecule has 23 heavy (non-hydrogen) atoms. The van der Waals surface area contributed by atoms with Crippen molar-refractivity contribution in [2.24, 2.45) is 5.92 Å². The van der Waals surface area contributed by atoms with Crippen LogP contribution in [0.5, 0.6) is 0 Å². The first-order valence-corrected chi connectivity index (χ1v) is 10.9. The molecule has 1 N–H and O–H groups in total. The molecule has 0 aliphatic carbocycles. The quantitative estimate of drug-likeness (QED) is 0.852. The highest BCUT2D eigenvalue weighted by atomic mass is 32.2. The molecule has 1 aliphatic heterocycles. The van der Waals surface area contributed by atoms with Gasteiger partial charge < -0.3 is 5.32 Å². The SMILES string of the molecule is CS(=O)(=O)c1ccccc1NC(=O)[C@H]1CCCN(S(C)(=O)=O)C1. The molecule has 9 heteroatoms. The number of para-hydroxylation sites is 1. The highest BCUT2D eigenvalue weighted by molar-refractivity contribution is 7.90. The van der Waals surface area contributed by atoms with Gasteiger partial charge in [-0.25, -0.2) is 21.1 Å². The van der Waals surface area contributed by atoms with Crippen LogP contribution >= 0.6 is 0 Å². The van der Waals surface area contributed by atoms with Crippen molar-refractivity contribution in [2.45, 2.75) is 17.7 Å². The zero-order chi connectivity index (χ0) is 17.3. The molecule has 0 saturated carbocycles. The minimum Gasteiger partial charge on any atom is -0.325 e. The smallest absolute Gasteiger partial charge is 0.228 e. The molecule has 1 aromatic rings. The Morgan fingerprint density at radius 2 is 1.83 bits per heavy atom. The van der Waals surface area contributed by atoms with Crippen molar-refractivity contribution in [2.75, 3.05) is 30.9 Å². The molecule has 1 atom stereocenters. The monoisotopic (exact) mass is 360 g/mol. The minimum absolute atomic E-state index is 0.0455. The number of sulfonamides is 1. The van der Waals surface area contributed by atoms with E-state index >= 15 is 0 Å². The molecular formula is C14H20N2O5S2. The summed E-state index contributed by atoms with van der Waals surface area (Å²) in [5.41, 5.74) is 0.219. The van der Waals surface area contributed by atoms with E-state index in [-0.39, 0.29) is 23.0 Å². The van der Waals surface area contributed by atoms with Gasteiger partial charge >= 0.3 is 0 Å². The van der Waals surface area contributed by atoms with E-state index < -0.39 is 25.8 Å². The molecule has 1 heterocycles. The van der Waals surface area contributed by atoms with Crippen molar-refractivity contribution in [3.05, 3.63) is 24.3 Å². The van der Waals surface area contributed by atoms with Crippen LogP contribution in [-0.2, 0) is 24.7 Å². The van der Waals surface area contributed by atoms with Crippen LogP contribution in [-0.4, -0.2) is 52.6 Å². The average Bonchev–Trinajstić information content (AvgIpc) is 2.46. The number of amides is 1. The van der Waals surface area contributed by atoms with Gasteiger partial charge in [0.15, 0.2) is 9.84 Å². The second kappa shape index (κ2) is 6.58. The summed E-state index contributed by atoms with van der Waals surface area (Å²) in [6.07, 6.45) is 3.36. The summed E-state index contributed by atoms with van der Waals surface area (Å²) < 4.78 is 48.0. The summed E-state index contributed by atoms with van der Waals surface area (Å²) in [6.45, 7) is 0.522. The average molecular weight is 360 g/mol. The Bertz CT molecular complexity index is 802. The Labute approximate surface area is 136 Å². The van der Waals surface area contributed by atoms with Gasteiger partial charge in [-0.2, -0.15) is 0 Å². The first-order valence-electron chi connectivity index (χ1n) is 7.14. The van der Waals surface area contributed by atoms with Crippen LogP contribution in [0.4, 0.5) is 5.69 Å². The van der Waals surface area contributed by atoms with Gasteiger partial charge in [-0.1, -0.05) is 12.1 Å². The molecule has 1 amide bonds. The molecule has 1 aromatic carbocycles. The number of nitrogens with zero attached hydrogens (tertiary/aromatic N) is 1. The van der Waals surface area contributed by atoms with Crippen molar-refractivity contribution < 1.29 is 21.6 Å². The number of nitrogens with one attached hydrogen (secondary N) is 1. The lowest BCUT2D eigenvalue weighted by molar-refractivity contribution is -0.120. The lowest BCUT2D eigenvalue weighted by Gasteiger charge is -2.30. The van der Waals surface area contributed by atoms with Crippen LogP contribution in [0.25, 0.3) is 0 Å². The van der Waals surface area contributed by atoms with Crippen LogP contribution in [0.1, 0.15) is 12.8 Å². The van der Waals surface area contributed by atoms with Crippen LogP contribution in [0, 0.1) is 5.92 Å². The van der Waals surface area contributed by atoms with Gasteiger partial charge in [-0.15, -0.1) is 0 Å². The number of anilines is 1. The molecule has 1 fully saturated rings. The molecule has 2 rings (SSSR count). The summed E-state index contributed by atoms with van der Waals surface area (Å²) in [4.78, 5) is 12.4. The van der Waals surface area contributed by atoms with E-state index in [1.807, 2.05) is 0 Å². The molecule has 7 nitrogen and oxygen atoms in total. The summed E-state index contributed by atoms with van der Waals surface area (Å²) >= 11 is 0. The van der Waals surface area contributed by atoms with Gasteiger partial charge in [0, 0.05) is 19.3 Å². The fourth-order valence-electron chi connectivity index (χ4n) is 2.59. The number of benzene rings is 1. The Hall–Kier alpha value is -1.45. The van der Waals surface area contributed by atoms with Crippen LogP contribution < -0.4 is 5.32 Å². The summed E-state index contributed by atoms with van der Waals surface area (Å²) in [6, 6.07) is 6.16. The highest BCUT2D eigenvalue weighted by Crippen LogP contribution is 2.24. The molecule has 0 bridgehead atoms. The van der Waals surface area contributed by atoms with E-state index in [2.05, 4.69) is 5.32 Å². The number of hydrogen-bond acceptors (Lipinski definition) is 5. The predicted molar refractivity (Wildman–Crippen MR) is 87.3 cm³/mol. The number of rotatable bonds is 4. The normalized spacial score (nSPS) is 20.2. The Balaban J connectivity index is 2.17. The lowest BCUT2D eigenvalue weighted by Crippen LogP contribution is -2.43. The second-order valence-electron chi connectivity index (χ2n) is 5.72. The van der Waals surface area contributed by atoms with E-state index in [1.54, 1.807) is 12.1 Å². The minimum atomic E-state index is -3.46. The Morgan fingerprint density at radius 3 is 2.43 bits per heavy atom. The van der Waals surface area contributed by atoms with Crippen molar-refractivity contribution in [3.8, 4) is 0 Å². The maximum Gasteiger partial charge on any atom is 0.228 e. The maximum atomic E-state index is 12.4. The molecule has 0 aromatic heterocycles. The lowest BCUT2D eigenvalue weighted by atomic mass is 9.99. The number of hydrogen-bond donors (Lipinski definition) is 1. The summed E-state index contributed by atoms with van der Waals surface area (Å²) in [5, 5.41) is 2.62. The standard InChI is InChI=1S/C14H20N2O5S2/c1-22(18,19)13-8-4-3-7-12(13)15-14(17)11-6-5-9-16(10-11)23(2,20)21/h3-4,7-8,11H,5-6,9-10H2,1-2H3,(H,15,17)/t11-/m0/s1. The van der Waals surface area contributed by atoms with Gasteiger partial charge in [-0.3, -0.25) is 4.79 Å². The summed E-state index contributed by atoms with van der Waals surface area (Å²) in [7, 11) is -6.80. The zero-order valence-electron chi connectivity index (χ0n) is 13.0. The fraction of sp³-hybridized carbons (Fsp3) is 0.500. The molecule has 0 spiro atoms. The largest absolute Gasteiger partial charge is 0.325 e. The predicted octanol–water partition coefficient (Wildman–Crippen LogP) is 0.700. The van der Waals surface area contributed by atoms with E-state index in [0.29, 0.717) is 19.4 Å². The number of carbonyl (C=O) groups excluding carboxylic acids is 1. The molecule has 128 valence electrons. The van der Waals surface area contributed by atoms with E-state index in [9.17, 15) is 21.6 Å². The van der Waals surface area contributed by atoms with Gasteiger partial charge in [0.2, 0.25) is 15.9 Å². The summed E-state index contributed by atoms with van der Waals surface area (Å²) in [5.74, 6) is -0.861. The molecule has 1 aliphatic rings. The number of carbonyl (C=O) groups is 1. The van der Waals surface area contributed by atoms with E-state index in [4.69, 9.17) is 0 Å². The van der Waals surface area contributed by atoms with Gasteiger partial charge in [0.1, 0.15) is 0 Å². The van der Waals surface area contributed by atoms with Crippen molar-refractivity contribution in [3.63, 3.8) is 0 Å². The first kappa shape index (κ1) is 17.9. The number of piperidine rings is 1. The van der Waals surface area contributed by atoms with Crippen LogP contribution in [0.15, 0.2) is 29.2 Å². The number of sulfone groups is 1. The second-order valence-corrected chi connectivity index (χ2v) is 9.68. The topological polar surface area (TPSA) is 101 Å². The van der Waals surface area contributed by atoms with Crippen LogP contribution in [0.2, 0.25) is 0 Å². The Kier molecular flexibility index (Phi) is 5.12. The third-order valence-electron chi connectivity index (χ3n) is 3.77. The third kappa shape index (κ3) is 4.52. The maximum absolute atomic E-state index is 12.4. The van der Waals surface area contributed by atoms with Crippen molar-refractivity contribution >= 4 is 31.5 Å². The molecule has 0 unspecified atom stereocenters. The van der Waals surface area contributed by atoms with Gasteiger partial charge in [0.25, 0.3) is 0 Å². The molecule has 0 radical (unpaired) electrons. The third-order valence-corrected chi connectivity index (χ3v) is 6.19. The van der Waals surface area contributed by atoms with Gasteiger partial charge in [0.05, 0.1) is 22.8 Å². The van der Waals surface area contributed by atoms with Gasteiger partial charge in [-0.05, 0) is 25.0 Å². The first-order chi connectivity index (χ1) is 10.6. The molecular weight excluding hydrogens is 340 g/mol. The fourth-order valence-corrected chi connectivity index (χ4v) is 4.34. The Morgan fingerprint density at radius 1 is 1.17 bits per heavy atom. The zero-order valence-corrected chi connectivity index (χ0v) is 14.7. The molecule has 1 saturated heterocycles. The van der Waals surface area contributed by atoms with Crippen LogP contribution in [0.3, 0.4) is 0 Å². The van der Waals surface area contributed by atoms with Crippen molar-refractivity contribution in [1.29, 1.82) is 0 Å². The highest BCUT2D eigenvalue weighted by Gasteiger charge is 2.30.